The second-order valence-corrected chi connectivity index (χ2v) is 6.05. The average Bonchev–Trinajstić information content (AvgIpc) is 2.98. The zero-order valence-electron chi connectivity index (χ0n) is 11.1. The molecule has 0 saturated heterocycles. The summed E-state index contributed by atoms with van der Waals surface area (Å²) in [6.45, 7) is 2.36. The van der Waals surface area contributed by atoms with E-state index in [9.17, 15) is 9.90 Å². The van der Waals surface area contributed by atoms with Crippen molar-refractivity contribution in [2.45, 2.75) is 51.0 Å². The van der Waals surface area contributed by atoms with E-state index in [2.05, 4.69) is 27.8 Å². The van der Waals surface area contributed by atoms with Crippen molar-refractivity contribution in [1.82, 2.24) is 15.5 Å². The third-order valence-electron chi connectivity index (χ3n) is 3.26. The lowest BCUT2D eigenvalue weighted by molar-refractivity contribution is 0.0506. The first-order valence-electron chi connectivity index (χ1n) is 6.71. The number of aromatic nitrogens is 2. The van der Waals surface area contributed by atoms with Gasteiger partial charge >= 0.3 is 6.03 Å². The molecular formula is C12H20N4O2S. The first kappa shape index (κ1) is 14.2. The summed E-state index contributed by atoms with van der Waals surface area (Å²) in [5, 5.41) is 24.8. The van der Waals surface area contributed by atoms with Gasteiger partial charge < -0.3 is 10.4 Å². The maximum absolute atomic E-state index is 11.7. The summed E-state index contributed by atoms with van der Waals surface area (Å²) in [6, 6.07) is -0.334. The molecule has 2 rings (SSSR count). The average molecular weight is 284 g/mol. The highest BCUT2D eigenvalue weighted by molar-refractivity contribution is 7.15. The lowest BCUT2D eigenvalue weighted by Crippen LogP contribution is -2.42. The molecule has 0 aliphatic heterocycles. The molecule has 0 bridgehead atoms. The number of carbonyl (C=O) groups is 1. The number of hydrogen-bond donors (Lipinski definition) is 3. The van der Waals surface area contributed by atoms with E-state index in [1.807, 2.05) is 0 Å². The molecule has 0 radical (unpaired) electrons. The van der Waals surface area contributed by atoms with E-state index < -0.39 is 5.60 Å². The lowest BCUT2D eigenvalue weighted by Gasteiger charge is -2.22. The molecule has 1 aliphatic carbocycles. The van der Waals surface area contributed by atoms with Gasteiger partial charge in [-0.25, -0.2) is 4.79 Å². The molecule has 6 nitrogen and oxygen atoms in total. The standard InChI is InChI=1S/C12H20N4O2S/c1-2-5-9-15-16-11(19-9)14-10(17)13-8-12(18)6-3-4-7-12/h18H,2-8H2,1H3,(H2,13,14,16,17). The highest BCUT2D eigenvalue weighted by atomic mass is 32.1. The van der Waals surface area contributed by atoms with Gasteiger partial charge in [-0.1, -0.05) is 31.1 Å². The molecule has 0 aromatic carbocycles. The Morgan fingerprint density at radius 2 is 2.16 bits per heavy atom. The Kier molecular flexibility index (Phi) is 4.71. The van der Waals surface area contributed by atoms with Gasteiger partial charge in [-0.3, -0.25) is 5.32 Å². The van der Waals surface area contributed by atoms with Crippen molar-refractivity contribution in [1.29, 1.82) is 0 Å². The predicted molar refractivity (Wildman–Crippen MR) is 74.3 cm³/mol. The van der Waals surface area contributed by atoms with Crippen molar-refractivity contribution >= 4 is 22.5 Å². The van der Waals surface area contributed by atoms with E-state index in [0.717, 1.165) is 43.5 Å². The number of urea groups is 1. The Balaban J connectivity index is 1.77. The van der Waals surface area contributed by atoms with Crippen LogP contribution in [0.3, 0.4) is 0 Å². The summed E-state index contributed by atoms with van der Waals surface area (Å²) in [5.41, 5.74) is -0.730. The molecule has 7 heteroatoms. The van der Waals surface area contributed by atoms with Crippen molar-refractivity contribution < 1.29 is 9.90 Å². The van der Waals surface area contributed by atoms with Crippen molar-refractivity contribution in [3.63, 3.8) is 0 Å². The fourth-order valence-electron chi connectivity index (χ4n) is 2.22. The molecule has 1 aliphatic rings. The number of carbonyl (C=O) groups excluding carboxylic acids is 1. The number of hydrogen-bond acceptors (Lipinski definition) is 5. The van der Waals surface area contributed by atoms with Crippen LogP contribution in [0.5, 0.6) is 0 Å². The van der Waals surface area contributed by atoms with E-state index in [-0.39, 0.29) is 6.03 Å². The molecule has 0 spiro atoms. The van der Waals surface area contributed by atoms with Gasteiger partial charge in [-0.15, -0.1) is 10.2 Å². The van der Waals surface area contributed by atoms with Crippen molar-refractivity contribution in [3.05, 3.63) is 5.01 Å². The molecule has 1 aromatic rings. The minimum absolute atomic E-state index is 0.291. The number of aryl methyl sites for hydroxylation is 1. The monoisotopic (exact) mass is 284 g/mol. The number of rotatable bonds is 5. The third-order valence-corrected chi connectivity index (χ3v) is 4.16. The second-order valence-electron chi connectivity index (χ2n) is 4.99. The van der Waals surface area contributed by atoms with Gasteiger partial charge in [0.2, 0.25) is 5.13 Å². The van der Waals surface area contributed by atoms with Crippen LogP contribution in [-0.2, 0) is 6.42 Å². The van der Waals surface area contributed by atoms with E-state index in [4.69, 9.17) is 0 Å². The Bertz CT molecular complexity index is 429. The van der Waals surface area contributed by atoms with Crippen LogP contribution in [-0.4, -0.2) is 33.5 Å². The molecule has 1 heterocycles. The topological polar surface area (TPSA) is 87.1 Å². The van der Waals surface area contributed by atoms with Crippen molar-refractivity contribution in [2.75, 3.05) is 11.9 Å². The number of amides is 2. The van der Waals surface area contributed by atoms with Crippen LogP contribution in [0.25, 0.3) is 0 Å². The minimum atomic E-state index is -0.730. The summed E-state index contributed by atoms with van der Waals surface area (Å²) >= 11 is 1.39. The molecule has 1 aromatic heterocycles. The van der Waals surface area contributed by atoms with Gasteiger partial charge in [0.05, 0.1) is 5.60 Å². The summed E-state index contributed by atoms with van der Waals surface area (Å²) < 4.78 is 0. The molecule has 1 fully saturated rings. The molecular weight excluding hydrogens is 264 g/mol. The fraction of sp³-hybridized carbons (Fsp3) is 0.750. The molecule has 1 saturated carbocycles. The number of anilines is 1. The Morgan fingerprint density at radius 3 is 2.84 bits per heavy atom. The summed E-state index contributed by atoms with van der Waals surface area (Å²) in [6.07, 6.45) is 5.45. The zero-order valence-corrected chi connectivity index (χ0v) is 11.9. The van der Waals surface area contributed by atoms with Crippen LogP contribution in [0.1, 0.15) is 44.0 Å². The van der Waals surface area contributed by atoms with Crippen LogP contribution in [0, 0.1) is 0 Å². The maximum Gasteiger partial charge on any atom is 0.321 e. The molecule has 19 heavy (non-hydrogen) atoms. The summed E-state index contributed by atoms with van der Waals surface area (Å²) in [7, 11) is 0. The molecule has 3 N–H and O–H groups in total. The van der Waals surface area contributed by atoms with Gasteiger partial charge in [0, 0.05) is 13.0 Å². The number of nitrogens with one attached hydrogen (secondary N) is 2. The summed E-state index contributed by atoms with van der Waals surface area (Å²) in [5.74, 6) is 0. The predicted octanol–water partition coefficient (Wildman–Crippen LogP) is 1.92. The smallest absolute Gasteiger partial charge is 0.321 e. The van der Waals surface area contributed by atoms with Crippen LogP contribution < -0.4 is 10.6 Å². The Morgan fingerprint density at radius 1 is 1.42 bits per heavy atom. The molecule has 0 unspecified atom stereocenters. The normalized spacial score (nSPS) is 17.4. The van der Waals surface area contributed by atoms with E-state index in [0.29, 0.717) is 11.7 Å². The second kappa shape index (κ2) is 6.29. The van der Waals surface area contributed by atoms with Crippen molar-refractivity contribution in [2.24, 2.45) is 0 Å². The minimum Gasteiger partial charge on any atom is -0.388 e. The number of aliphatic hydroxyl groups is 1. The van der Waals surface area contributed by atoms with Crippen LogP contribution in [0.15, 0.2) is 0 Å². The SMILES string of the molecule is CCCc1nnc(NC(=O)NCC2(O)CCCC2)s1. The van der Waals surface area contributed by atoms with Crippen LogP contribution in [0.2, 0.25) is 0 Å². The Labute approximate surface area is 116 Å². The molecule has 106 valence electrons. The van der Waals surface area contributed by atoms with E-state index in [1.54, 1.807) is 0 Å². The lowest BCUT2D eigenvalue weighted by atomic mass is 10.0. The zero-order chi connectivity index (χ0) is 13.7. The van der Waals surface area contributed by atoms with Gasteiger partial charge in [0.1, 0.15) is 5.01 Å². The van der Waals surface area contributed by atoms with Gasteiger partial charge in [-0.2, -0.15) is 0 Å². The largest absolute Gasteiger partial charge is 0.388 e. The highest BCUT2D eigenvalue weighted by Crippen LogP contribution is 2.28. The highest BCUT2D eigenvalue weighted by Gasteiger charge is 2.31. The van der Waals surface area contributed by atoms with E-state index in [1.165, 1.54) is 11.3 Å². The third kappa shape index (κ3) is 4.14. The summed E-state index contributed by atoms with van der Waals surface area (Å²) in [4.78, 5) is 11.7. The quantitative estimate of drug-likeness (QED) is 0.771. The Hall–Kier alpha value is -1.21. The number of nitrogens with zero attached hydrogens (tertiary/aromatic N) is 2. The molecule has 0 atom stereocenters. The van der Waals surface area contributed by atoms with Crippen LogP contribution >= 0.6 is 11.3 Å². The fourth-order valence-corrected chi connectivity index (χ4v) is 3.05. The van der Waals surface area contributed by atoms with Gasteiger partial charge in [-0.05, 0) is 19.3 Å². The van der Waals surface area contributed by atoms with Gasteiger partial charge in [0.15, 0.2) is 0 Å². The van der Waals surface area contributed by atoms with Crippen LogP contribution in [0.4, 0.5) is 9.93 Å². The molecule has 2 amide bonds. The van der Waals surface area contributed by atoms with Gasteiger partial charge in [0.25, 0.3) is 0 Å². The maximum atomic E-state index is 11.7. The van der Waals surface area contributed by atoms with Crippen molar-refractivity contribution in [3.8, 4) is 0 Å². The first-order valence-corrected chi connectivity index (χ1v) is 7.52. The van der Waals surface area contributed by atoms with E-state index >= 15 is 0 Å². The first-order chi connectivity index (χ1) is 9.11.